The summed E-state index contributed by atoms with van der Waals surface area (Å²) in [6.45, 7) is 0.948. The molecule has 1 heterocycles. The molecular formula is C18H24F3IN4O2S. The van der Waals surface area contributed by atoms with E-state index in [0.717, 1.165) is 22.3 Å². The maximum atomic E-state index is 12.6. The average Bonchev–Trinajstić information content (AvgIpc) is 3.15. The third-order valence-corrected chi connectivity index (χ3v) is 4.85. The van der Waals surface area contributed by atoms with E-state index < -0.39 is 11.9 Å². The van der Waals surface area contributed by atoms with Gasteiger partial charge in [0.15, 0.2) is 11.7 Å². The Hall–Kier alpha value is -1.76. The molecule has 6 nitrogen and oxygen atoms in total. The van der Waals surface area contributed by atoms with E-state index in [0.29, 0.717) is 42.0 Å². The number of rotatable bonds is 7. The largest absolute Gasteiger partial charge is 0.497 e. The lowest BCUT2D eigenvalue weighted by atomic mass is 10.2. The Kier molecular flexibility index (Phi) is 9.96. The molecule has 0 aliphatic heterocycles. The van der Waals surface area contributed by atoms with Crippen LogP contribution in [0.25, 0.3) is 0 Å². The van der Waals surface area contributed by atoms with Gasteiger partial charge < -0.3 is 19.7 Å². The number of halogens is 4. The monoisotopic (exact) mass is 544 g/mol. The lowest BCUT2D eigenvalue weighted by Crippen LogP contribution is -2.39. The Morgan fingerprint density at radius 3 is 2.55 bits per heavy atom. The van der Waals surface area contributed by atoms with Gasteiger partial charge in [0.05, 0.1) is 19.2 Å². The molecule has 0 radical (unpaired) electrons. The Labute approximate surface area is 189 Å². The fourth-order valence-corrected chi connectivity index (χ4v) is 3.34. The number of alkyl halides is 3. The van der Waals surface area contributed by atoms with Crippen molar-refractivity contribution in [2.45, 2.75) is 19.1 Å². The van der Waals surface area contributed by atoms with Crippen molar-refractivity contribution in [1.29, 1.82) is 0 Å². The summed E-state index contributed by atoms with van der Waals surface area (Å²) in [6.07, 6.45) is -4.03. The molecule has 0 aliphatic carbocycles. The van der Waals surface area contributed by atoms with Crippen molar-refractivity contribution in [1.82, 2.24) is 15.2 Å². The molecule has 0 saturated heterocycles. The lowest BCUT2D eigenvalue weighted by molar-refractivity contribution is -0.140. The predicted octanol–water partition coefficient (Wildman–Crippen LogP) is 4.05. The zero-order valence-corrected chi connectivity index (χ0v) is 19.7. The highest BCUT2D eigenvalue weighted by Gasteiger charge is 2.33. The molecule has 0 amide bonds. The smallest absolute Gasteiger partial charge is 0.434 e. The van der Waals surface area contributed by atoms with Crippen LogP contribution in [-0.4, -0.2) is 50.7 Å². The van der Waals surface area contributed by atoms with Gasteiger partial charge in [0, 0.05) is 50.6 Å². The molecule has 0 spiro atoms. The second-order valence-electron chi connectivity index (χ2n) is 5.88. The highest BCUT2D eigenvalue weighted by molar-refractivity contribution is 14.0. The third-order valence-electron chi connectivity index (χ3n) is 3.94. The normalized spacial score (nSPS) is 11.6. The number of hydrogen-bond donors (Lipinski definition) is 1. The summed E-state index contributed by atoms with van der Waals surface area (Å²) in [6, 6.07) is 5.57. The van der Waals surface area contributed by atoms with Crippen molar-refractivity contribution in [3.63, 3.8) is 0 Å². The number of aromatic nitrogens is 1. The third kappa shape index (κ3) is 7.21. The molecule has 0 unspecified atom stereocenters. The molecule has 11 heteroatoms. The van der Waals surface area contributed by atoms with Crippen LogP contribution in [0.5, 0.6) is 11.5 Å². The van der Waals surface area contributed by atoms with E-state index in [9.17, 15) is 13.2 Å². The summed E-state index contributed by atoms with van der Waals surface area (Å²) in [5.41, 5.74) is 0.101. The van der Waals surface area contributed by atoms with E-state index in [1.165, 1.54) is 0 Å². The summed E-state index contributed by atoms with van der Waals surface area (Å²) in [7, 11) is 6.69. The van der Waals surface area contributed by atoms with Crippen LogP contribution in [0.2, 0.25) is 0 Å². The highest BCUT2D eigenvalue weighted by atomic mass is 127. The van der Waals surface area contributed by atoms with Crippen molar-refractivity contribution in [2.24, 2.45) is 4.99 Å². The number of nitrogens with one attached hydrogen (secondary N) is 1. The van der Waals surface area contributed by atoms with Crippen LogP contribution >= 0.6 is 35.3 Å². The van der Waals surface area contributed by atoms with Gasteiger partial charge in [-0.25, -0.2) is 4.98 Å². The summed E-state index contributed by atoms with van der Waals surface area (Å²) in [5, 5.41) is 4.60. The number of nitrogens with zero attached hydrogens (tertiary/aromatic N) is 3. The zero-order valence-electron chi connectivity index (χ0n) is 16.5. The Balaban J connectivity index is 0.00000420. The molecular weight excluding hydrogens is 520 g/mol. The van der Waals surface area contributed by atoms with Crippen LogP contribution in [0, 0.1) is 0 Å². The van der Waals surface area contributed by atoms with Gasteiger partial charge in [-0.15, -0.1) is 35.3 Å². The fraction of sp³-hybridized carbons (Fsp3) is 0.444. The lowest BCUT2D eigenvalue weighted by Gasteiger charge is -2.23. The minimum Gasteiger partial charge on any atom is -0.497 e. The first kappa shape index (κ1) is 25.3. The minimum atomic E-state index is -4.41. The first-order chi connectivity index (χ1) is 13.3. The molecule has 1 aromatic carbocycles. The minimum absolute atomic E-state index is 0. The number of benzene rings is 1. The fourth-order valence-electron chi connectivity index (χ4n) is 2.53. The quantitative estimate of drug-likeness (QED) is 0.324. The number of thiazole rings is 1. The summed E-state index contributed by atoms with van der Waals surface area (Å²) in [5.74, 6) is 2.02. The summed E-state index contributed by atoms with van der Waals surface area (Å²) in [4.78, 5) is 9.74. The molecule has 0 bridgehead atoms. The van der Waals surface area contributed by atoms with Crippen LogP contribution in [0.3, 0.4) is 0 Å². The second kappa shape index (κ2) is 11.4. The molecule has 0 fully saturated rings. The molecule has 1 aromatic heterocycles. The SMILES string of the molecule is CN=C(NCCc1nc(C(F)(F)F)cs1)N(C)Cc1ccc(OC)cc1OC.I. The van der Waals surface area contributed by atoms with Crippen molar-refractivity contribution < 1.29 is 22.6 Å². The number of guanidine groups is 1. The topological polar surface area (TPSA) is 59.0 Å². The molecule has 0 saturated carbocycles. The second-order valence-corrected chi connectivity index (χ2v) is 6.82. The number of methoxy groups -OCH3 is 2. The van der Waals surface area contributed by atoms with E-state index in [2.05, 4.69) is 15.3 Å². The van der Waals surface area contributed by atoms with Crippen LogP contribution < -0.4 is 14.8 Å². The van der Waals surface area contributed by atoms with Crippen molar-refractivity contribution in [3.05, 3.63) is 39.8 Å². The van der Waals surface area contributed by atoms with Gasteiger partial charge in [0.2, 0.25) is 0 Å². The number of hydrogen-bond acceptors (Lipinski definition) is 5. The molecule has 162 valence electrons. The van der Waals surface area contributed by atoms with Crippen molar-refractivity contribution in [3.8, 4) is 11.5 Å². The standard InChI is InChI=1S/C18H23F3N4O2S.HI/c1-22-17(23-8-7-16-24-15(11-28-16)18(19,20)21)25(2)10-12-5-6-13(26-3)9-14(12)27-4;/h5-6,9,11H,7-8,10H2,1-4H3,(H,22,23);1H. The van der Waals surface area contributed by atoms with Gasteiger partial charge in [-0.2, -0.15) is 13.2 Å². The van der Waals surface area contributed by atoms with Crippen LogP contribution in [0.4, 0.5) is 13.2 Å². The van der Waals surface area contributed by atoms with Crippen molar-refractivity contribution in [2.75, 3.05) is 34.9 Å². The number of aliphatic imine (C=N–C) groups is 1. The molecule has 2 aromatic rings. The van der Waals surface area contributed by atoms with E-state index in [1.807, 2.05) is 24.1 Å². The number of ether oxygens (including phenoxy) is 2. The average molecular weight is 544 g/mol. The van der Waals surface area contributed by atoms with E-state index in [4.69, 9.17) is 9.47 Å². The van der Waals surface area contributed by atoms with Gasteiger partial charge >= 0.3 is 6.18 Å². The van der Waals surface area contributed by atoms with Crippen LogP contribution in [-0.2, 0) is 19.1 Å². The Bertz CT molecular complexity index is 815. The molecule has 1 N–H and O–H groups in total. The maximum Gasteiger partial charge on any atom is 0.434 e. The molecule has 0 atom stereocenters. The predicted molar refractivity (Wildman–Crippen MR) is 119 cm³/mol. The summed E-state index contributed by atoms with van der Waals surface area (Å²) < 4.78 is 48.4. The highest BCUT2D eigenvalue weighted by Crippen LogP contribution is 2.30. The molecule has 29 heavy (non-hydrogen) atoms. The van der Waals surface area contributed by atoms with Crippen molar-refractivity contribution >= 4 is 41.3 Å². The first-order valence-electron chi connectivity index (χ1n) is 8.42. The van der Waals surface area contributed by atoms with E-state index >= 15 is 0 Å². The van der Waals surface area contributed by atoms with Gasteiger partial charge in [0.1, 0.15) is 11.5 Å². The molecule has 0 aliphatic rings. The van der Waals surface area contributed by atoms with Gasteiger partial charge in [-0.05, 0) is 12.1 Å². The zero-order chi connectivity index (χ0) is 20.7. The van der Waals surface area contributed by atoms with Gasteiger partial charge in [-0.3, -0.25) is 4.99 Å². The van der Waals surface area contributed by atoms with Gasteiger partial charge in [0.25, 0.3) is 0 Å². The van der Waals surface area contributed by atoms with Crippen LogP contribution in [0.1, 0.15) is 16.3 Å². The summed E-state index contributed by atoms with van der Waals surface area (Å²) >= 11 is 1.00. The van der Waals surface area contributed by atoms with E-state index in [1.54, 1.807) is 27.3 Å². The Morgan fingerprint density at radius 2 is 2.00 bits per heavy atom. The van der Waals surface area contributed by atoms with Crippen LogP contribution in [0.15, 0.2) is 28.6 Å². The van der Waals surface area contributed by atoms with Gasteiger partial charge in [-0.1, -0.05) is 0 Å². The van der Waals surface area contributed by atoms with E-state index in [-0.39, 0.29) is 24.0 Å². The Morgan fingerprint density at radius 1 is 1.28 bits per heavy atom. The molecule has 2 rings (SSSR count). The maximum absolute atomic E-state index is 12.6. The first-order valence-corrected chi connectivity index (χ1v) is 9.30.